The average Bonchev–Trinajstić information content (AvgIpc) is 2.90. The molecule has 2 amide bonds. The maximum absolute atomic E-state index is 13.8. The van der Waals surface area contributed by atoms with Crippen molar-refractivity contribution in [2.45, 2.75) is 45.5 Å². The van der Waals surface area contributed by atoms with Gasteiger partial charge >= 0.3 is 6.18 Å². The zero-order valence-corrected chi connectivity index (χ0v) is 17.1. The summed E-state index contributed by atoms with van der Waals surface area (Å²) in [6.45, 7) is 4.36. The number of fused-ring (bicyclic) bond motifs is 1. The van der Waals surface area contributed by atoms with Gasteiger partial charge in [0.25, 0.3) is 0 Å². The van der Waals surface area contributed by atoms with E-state index in [0.717, 1.165) is 5.56 Å². The summed E-state index contributed by atoms with van der Waals surface area (Å²) < 4.78 is 42.8. The monoisotopic (exact) mass is 420 g/mol. The van der Waals surface area contributed by atoms with Gasteiger partial charge in [0.1, 0.15) is 0 Å². The van der Waals surface area contributed by atoms with Crippen molar-refractivity contribution in [2.24, 2.45) is 7.05 Å². The lowest BCUT2D eigenvalue weighted by atomic mass is 9.93. The smallest absolute Gasteiger partial charge is 0.341 e. The molecular formula is C21H23F3N4O2. The van der Waals surface area contributed by atoms with E-state index in [1.54, 1.807) is 31.5 Å². The summed E-state index contributed by atoms with van der Waals surface area (Å²) >= 11 is 0. The lowest BCUT2D eigenvalue weighted by Crippen LogP contribution is -2.41. The van der Waals surface area contributed by atoms with Gasteiger partial charge in [-0.1, -0.05) is 24.3 Å². The van der Waals surface area contributed by atoms with E-state index in [1.807, 2.05) is 12.1 Å². The number of benzene rings is 1. The van der Waals surface area contributed by atoms with Gasteiger partial charge in [-0.3, -0.25) is 14.3 Å². The number of carbonyl (C=O) groups is 2. The summed E-state index contributed by atoms with van der Waals surface area (Å²) in [5.41, 5.74) is 1.99. The summed E-state index contributed by atoms with van der Waals surface area (Å²) in [7, 11) is 1.55. The highest BCUT2D eigenvalue weighted by atomic mass is 19.4. The van der Waals surface area contributed by atoms with E-state index in [9.17, 15) is 22.8 Å². The van der Waals surface area contributed by atoms with Crippen LogP contribution in [-0.2, 0) is 16.6 Å². The first-order chi connectivity index (χ1) is 14.0. The van der Waals surface area contributed by atoms with Gasteiger partial charge in [0.2, 0.25) is 11.8 Å². The van der Waals surface area contributed by atoms with E-state index < -0.39 is 24.2 Å². The molecular weight excluding hydrogens is 397 g/mol. The summed E-state index contributed by atoms with van der Waals surface area (Å²) in [5.74, 6) is -1.11. The van der Waals surface area contributed by atoms with Gasteiger partial charge < -0.3 is 10.2 Å². The number of rotatable bonds is 4. The van der Waals surface area contributed by atoms with Crippen molar-refractivity contribution in [3.8, 4) is 0 Å². The van der Waals surface area contributed by atoms with Crippen molar-refractivity contribution in [3.63, 3.8) is 0 Å². The van der Waals surface area contributed by atoms with E-state index in [1.165, 1.54) is 30.4 Å². The van der Waals surface area contributed by atoms with Gasteiger partial charge in [0.15, 0.2) is 6.04 Å². The van der Waals surface area contributed by atoms with Crippen LogP contribution in [0, 0.1) is 13.8 Å². The Morgan fingerprint density at radius 3 is 2.47 bits per heavy atom. The first kappa shape index (κ1) is 21.6. The second kappa shape index (κ2) is 7.97. The normalized spacial score (nSPS) is 16.9. The van der Waals surface area contributed by atoms with Crippen LogP contribution in [0.5, 0.6) is 0 Å². The Morgan fingerprint density at radius 2 is 1.90 bits per heavy atom. The summed E-state index contributed by atoms with van der Waals surface area (Å²) in [6.07, 6.45) is -1.70. The minimum atomic E-state index is -4.70. The number of nitrogens with one attached hydrogen (secondary N) is 1. The zero-order chi connectivity index (χ0) is 22.2. The van der Waals surface area contributed by atoms with Crippen LogP contribution in [0.1, 0.15) is 53.5 Å². The molecule has 1 aromatic heterocycles. The van der Waals surface area contributed by atoms with Crippen LogP contribution in [0.3, 0.4) is 0 Å². The minimum Gasteiger partial charge on any atom is -0.341 e. The molecule has 9 heteroatoms. The molecule has 3 rings (SSSR count). The summed E-state index contributed by atoms with van der Waals surface area (Å²) in [5, 5.41) is 6.16. The molecule has 0 radical (unpaired) electrons. The van der Waals surface area contributed by atoms with Crippen LogP contribution in [0.25, 0.3) is 6.08 Å². The first-order valence-electron chi connectivity index (χ1n) is 9.43. The van der Waals surface area contributed by atoms with Gasteiger partial charge in [-0.2, -0.15) is 18.3 Å². The molecule has 2 heterocycles. The van der Waals surface area contributed by atoms with Crippen molar-refractivity contribution in [3.05, 3.63) is 58.5 Å². The number of carbonyl (C=O) groups excluding carboxylic acids is 2. The molecule has 0 unspecified atom stereocenters. The first-order valence-corrected chi connectivity index (χ1v) is 9.43. The molecule has 0 bridgehead atoms. The number of alkyl halides is 3. The highest BCUT2D eigenvalue weighted by molar-refractivity contribution is 5.82. The second-order valence-electron chi connectivity index (χ2n) is 7.34. The molecule has 160 valence electrons. The van der Waals surface area contributed by atoms with Crippen LogP contribution >= 0.6 is 0 Å². The highest BCUT2D eigenvalue weighted by Crippen LogP contribution is 2.37. The Labute approximate surface area is 172 Å². The van der Waals surface area contributed by atoms with Gasteiger partial charge in [-0.15, -0.1) is 0 Å². The largest absolute Gasteiger partial charge is 0.413 e. The van der Waals surface area contributed by atoms with Crippen molar-refractivity contribution < 1.29 is 22.8 Å². The fourth-order valence-electron chi connectivity index (χ4n) is 3.83. The zero-order valence-electron chi connectivity index (χ0n) is 17.1. The van der Waals surface area contributed by atoms with E-state index in [-0.39, 0.29) is 23.6 Å². The minimum absolute atomic E-state index is 0.0642. The van der Waals surface area contributed by atoms with Crippen LogP contribution < -0.4 is 5.32 Å². The summed E-state index contributed by atoms with van der Waals surface area (Å²) in [4.78, 5) is 26.2. The molecule has 30 heavy (non-hydrogen) atoms. The predicted octanol–water partition coefficient (Wildman–Crippen LogP) is 3.72. The number of amides is 2. The van der Waals surface area contributed by atoms with Gasteiger partial charge in [0.05, 0.1) is 18.2 Å². The van der Waals surface area contributed by atoms with E-state index in [4.69, 9.17) is 0 Å². The molecule has 1 N–H and O–H groups in total. The molecule has 2 aromatic rings. The lowest BCUT2D eigenvalue weighted by Gasteiger charge is -2.33. The third-order valence-corrected chi connectivity index (χ3v) is 5.33. The molecule has 0 spiro atoms. The Balaban J connectivity index is 1.90. The maximum Gasteiger partial charge on any atom is 0.413 e. The van der Waals surface area contributed by atoms with Crippen LogP contribution in [0.15, 0.2) is 30.5 Å². The molecule has 0 aliphatic carbocycles. The SMILES string of the molecule is CC(=O)N1C=Cc2ccccc2[C@H]1CC(=O)N[C@H](c1c(C)nn(C)c1C)C(F)(F)F. The molecule has 1 aliphatic rings. The molecule has 6 nitrogen and oxygen atoms in total. The predicted molar refractivity (Wildman–Crippen MR) is 105 cm³/mol. The quantitative estimate of drug-likeness (QED) is 0.820. The van der Waals surface area contributed by atoms with Crippen molar-refractivity contribution in [2.75, 3.05) is 0 Å². The standard InChI is InChI=1S/C21H23F3N4O2/c1-12-19(13(2)27(4)26-12)20(21(22,23)24)25-18(30)11-17-16-8-6-5-7-15(16)9-10-28(17)14(3)29/h5-10,17,20H,11H2,1-4H3,(H,25,30)/t17-,20-/m1/s1. The van der Waals surface area contributed by atoms with Crippen LogP contribution in [0.4, 0.5) is 13.2 Å². The molecule has 0 fully saturated rings. The average molecular weight is 420 g/mol. The molecule has 0 saturated heterocycles. The van der Waals surface area contributed by atoms with E-state index in [0.29, 0.717) is 11.3 Å². The Hall–Kier alpha value is -3.10. The third-order valence-electron chi connectivity index (χ3n) is 5.33. The second-order valence-corrected chi connectivity index (χ2v) is 7.34. The van der Waals surface area contributed by atoms with Gasteiger partial charge in [-0.25, -0.2) is 0 Å². The van der Waals surface area contributed by atoms with Crippen LogP contribution in [0.2, 0.25) is 0 Å². The fraction of sp³-hybridized carbons (Fsp3) is 0.381. The number of aryl methyl sites for hydroxylation is 2. The summed E-state index contributed by atoms with van der Waals surface area (Å²) in [6, 6.07) is 4.31. The number of halogens is 3. The molecule has 0 saturated carbocycles. The Kier molecular flexibility index (Phi) is 5.74. The van der Waals surface area contributed by atoms with Crippen molar-refractivity contribution >= 4 is 17.9 Å². The highest BCUT2D eigenvalue weighted by Gasteiger charge is 2.45. The Morgan fingerprint density at radius 1 is 1.23 bits per heavy atom. The number of nitrogens with zero attached hydrogens (tertiary/aromatic N) is 3. The molecule has 1 aromatic carbocycles. The van der Waals surface area contributed by atoms with Crippen LogP contribution in [-0.4, -0.2) is 32.7 Å². The Bertz CT molecular complexity index is 1010. The molecule has 2 atom stereocenters. The lowest BCUT2D eigenvalue weighted by molar-refractivity contribution is -0.164. The number of aromatic nitrogens is 2. The van der Waals surface area contributed by atoms with E-state index >= 15 is 0 Å². The maximum atomic E-state index is 13.8. The topological polar surface area (TPSA) is 67.2 Å². The van der Waals surface area contributed by atoms with Gasteiger partial charge in [-0.05, 0) is 31.1 Å². The number of hydrogen-bond acceptors (Lipinski definition) is 3. The fourth-order valence-corrected chi connectivity index (χ4v) is 3.83. The molecule has 1 aliphatic heterocycles. The van der Waals surface area contributed by atoms with Gasteiger partial charge in [0, 0.05) is 31.4 Å². The third kappa shape index (κ3) is 4.10. The number of hydrogen-bond donors (Lipinski definition) is 1. The van der Waals surface area contributed by atoms with E-state index in [2.05, 4.69) is 10.4 Å². The van der Waals surface area contributed by atoms with Crippen molar-refractivity contribution in [1.29, 1.82) is 0 Å². The van der Waals surface area contributed by atoms with Crippen molar-refractivity contribution in [1.82, 2.24) is 20.0 Å².